The first-order valence-electron chi connectivity index (χ1n) is 10.9. The normalized spacial score (nSPS) is 17.2. The molecular formula is C23H31N3O6S2. The molecule has 11 heteroatoms. The van der Waals surface area contributed by atoms with E-state index in [1.54, 1.807) is 17.0 Å². The number of nitrogens with zero attached hydrogens (tertiary/aromatic N) is 3. The van der Waals surface area contributed by atoms with Gasteiger partial charge in [-0.05, 0) is 44.9 Å². The van der Waals surface area contributed by atoms with E-state index in [1.165, 1.54) is 5.38 Å². The van der Waals surface area contributed by atoms with Gasteiger partial charge < -0.3 is 19.6 Å². The van der Waals surface area contributed by atoms with Gasteiger partial charge in [-0.3, -0.25) is 0 Å². The number of carbonyl (C=O) groups is 2. The molecule has 3 rings (SSSR count). The first-order chi connectivity index (χ1) is 15.7. The standard InChI is InChI=1S/C23H31N3O6S2/c1-14(2)18-12-25(9-10-26(18)22(29)32-23(3,4)5)15-7-8-16(19(11-15)34(6,30)31)20-24-17(13-33-20)21(27)28/h7-8,11,13-14,18H,9-10,12H2,1-6H3,(H,27,28)/t18-/m0/s1. The maximum atomic E-state index is 12.8. The summed E-state index contributed by atoms with van der Waals surface area (Å²) < 4.78 is 30.8. The number of carboxylic acid groups (broad SMARTS) is 1. The molecule has 0 bridgehead atoms. The fourth-order valence-electron chi connectivity index (χ4n) is 3.85. The van der Waals surface area contributed by atoms with Gasteiger partial charge in [0, 0.05) is 42.5 Å². The van der Waals surface area contributed by atoms with Crippen LogP contribution in [0.1, 0.15) is 45.1 Å². The van der Waals surface area contributed by atoms with Gasteiger partial charge in [0.15, 0.2) is 15.5 Å². The molecule has 0 radical (unpaired) electrons. The quantitative estimate of drug-likeness (QED) is 0.643. The van der Waals surface area contributed by atoms with Crippen molar-refractivity contribution in [3.8, 4) is 10.6 Å². The maximum absolute atomic E-state index is 12.8. The van der Waals surface area contributed by atoms with Crippen LogP contribution in [0.5, 0.6) is 0 Å². The fraction of sp³-hybridized carbons (Fsp3) is 0.522. The van der Waals surface area contributed by atoms with Crippen LogP contribution in [0.25, 0.3) is 10.6 Å². The number of hydrogen-bond acceptors (Lipinski definition) is 8. The van der Waals surface area contributed by atoms with Gasteiger partial charge in [0.05, 0.1) is 10.9 Å². The Balaban J connectivity index is 1.92. The molecule has 1 aromatic heterocycles. The second-order valence-corrected chi connectivity index (χ2v) is 12.6. The van der Waals surface area contributed by atoms with E-state index in [9.17, 15) is 18.0 Å². The zero-order valence-corrected chi connectivity index (χ0v) is 21.9. The summed E-state index contributed by atoms with van der Waals surface area (Å²) in [5.41, 5.74) is 0.374. The second kappa shape index (κ2) is 9.53. The number of aromatic carboxylic acids is 1. The zero-order valence-electron chi connectivity index (χ0n) is 20.2. The largest absolute Gasteiger partial charge is 0.476 e. The molecule has 0 unspecified atom stereocenters. The van der Waals surface area contributed by atoms with Crippen LogP contribution in [-0.2, 0) is 14.6 Å². The number of carbonyl (C=O) groups excluding carboxylic acids is 1. The molecule has 1 N–H and O–H groups in total. The second-order valence-electron chi connectivity index (χ2n) is 9.73. The summed E-state index contributed by atoms with van der Waals surface area (Å²) in [5, 5.41) is 10.9. The number of carboxylic acids is 1. The Kier molecular flexibility index (Phi) is 7.28. The molecule has 34 heavy (non-hydrogen) atoms. The lowest BCUT2D eigenvalue weighted by Gasteiger charge is -2.44. The predicted octanol–water partition coefficient (Wildman–Crippen LogP) is 3.99. The first-order valence-corrected chi connectivity index (χ1v) is 13.7. The van der Waals surface area contributed by atoms with Crippen molar-refractivity contribution in [1.29, 1.82) is 0 Å². The average molecular weight is 510 g/mol. The number of amides is 1. The number of sulfone groups is 1. The van der Waals surface area contributed by atoms with Crippen LogP contribution < -0.4 is 4.90 Å². The summed E-state index contributed by atoms with van der Waals surface area (Å²) in [6.07, 6.45) is 0.773. The Morgan fingerprint density at radius 2 is 1.91 bits per heavy atom. The lowest BCUT2D eigenvalue weighted by atomic mass is 9.99. The topological polar surface area (TPSA) is 117 Å². The molecule has 0 saturated carbocycles. The van der Waals surface area contributed by atoms with Gasteiger partial charge in [-0.25, -0.2) is 23.0 Å². The Hall–Kier alpha value is -2.66. The third kappa shape index (κ3) is 5.87. The van der Waals surface area contributed by atoms with Gasteiger partial charge in [-0.2, -0.15) is 0 Å². The van der Waals surface area contributed by atoms with E-state index in [2.05, 4.69) is 9.88 Å². The lowest BCUT2D eigenvalue weighted by Crippen LogP contribution is -2.58. The summed E-state index contributed by atoms with van der Waals surface area (Å²) in [4.78, 5) is 32.0. The smallest absolute Gasteiger partial charge is 0.410 e. The van der Waals surface area contributed by atoms with Crippen LogP contribution in [0, 0.1) is 5.92 Å². The van der Waals surface area contributed by atoms with Crippen molar-refractivity contribution < 1.29 is 27.9 Å². The van der Waals surface area contributed by atoms with E-state index in [0.29, 0.717) is 35.9 Å². The number of thiazole rings is 1. The number of rotatable bonds is 5. The molecule has 1 aliphatic heterocycles. The van der Waals surface area contributed by atoms with E-state index in [0.717, 1.165) is 17.6 Å². The predicted molar refractivity (Wildman–Crippen MR) is 131 cm³/mol. The molecule has 186 valence electrons. The molecular weight excluding hydrogens is 478 g/mol. The highest BCUT2D eigenvalue weighted by Gasteiger charge is 2.35. The van der Waals surface area contributed by atoms with E-state index in [1.807, 2.05) is 40.7 Å². The van der Waals surface area contributed by atoms with Crippen LogP contribution in [0.15, 0.2) is 28.5 Å². The number of hydrogen-bond donors (Lipinski definition) is 1. The van der Waals surface area contributed by atoms with Crippen LogP contribution in [0.2, 0.25) is 0 Å². The fourth-order valence-corrected chi connectivity index (χ4v) is 5.65. The summed E-state index contributed by atoms with van der Waals surface area (Å²) in [5.74, 6) is -1.00. The van der Waals surface area contributed by atoms with Crippen molar-refractivity contribution >= 4 is 38.9 Å². The Labute approximate surface area is 204 Å². The van der Waals surface area contributed by atoms with Crippen LogP contribution in [0.3, 0.4) is 0 Å². The molecule has 1 saturated heterocycles. The zero-order chi connectivity index (χ0) is 25.4. The monoisotopic (exact) mass is 509 g/mol. The molecule has 1 fully saturated rings. The first kappa shape index (κ1) is 26.0. The molecule has 1 amide bonds. The molecule has 9 nitrogen and oxygen atoms in total. The number of aromatic nitrogens is 1. The SMILES string of the molecule is CC(C)[C@@H]1CN(c2ccc(-c3nc(C(=O)O)cs3)c(S(C)(=O)=O)c2)CCN1C(=O)OC(C)(C)C. The van der Waals surface area contributed by atoms with Gasteiger partial charge in [0.2, 0.25) is 0 Å². The minimum absolute atomic E-state index is 0.0898. The molecule has 2 heterocycles. The van der Waals surface area contributed by atoms with Crippen molar-refractivity contribution in [3.63, 3.8) is 0 Å². The van der Waals surface area contributed by atoms with Crippen molar-refractivity contribution in [2.24, 2.45) is 5.92 Å². The van der Waals surface area contributed by atoms with Crippen LogP contribution in [0.4, 0.5) is 10.5 Å². The molecule has 1 aromatic carbocycles. The Morgan fingerprint density at radius 1 is 1.24 bits per heavy atom. The van der Waals surface area contributed by atoms with E-state index in [4.69, 9.17) is 9.84 Å². The van der Waals surface area contributed by atoms with Gasteiger partial charge in [0.1, 0.15) is 10.6 Å². The summed E-state index contributed by atoms with van der Waals surface area (Å²) in [7, 11) is -3.62. The summed E-state index contributed by atoms with van der Waals surface area (Å²) >= 11 is 1.09. The van der Waals surface area contributed by atoms with Crippen molar-refractivity contribution in [1.82, 2.24) is 9.88 Å². The number of ether oxygens (including phenoxy) is 1. The van der Waals surface area contributed by atoms with Gasteiger partial charge in [0.25, 0.3) is 0 Å². The Morgan fingerprint density at radius 3 is 2.44 bits per heavy atom. The summed E-state index contributed by atoms with van der Waals surface area (Å²) in [6, 6.07) is 4.97. The number of benzene rings is 1. The van der Waals surface area contributed by atoms with Gasteiger partial charge in [-0.15, -0.1) is 11.3 Å². The summed E-state index contributed by atoms with van der Waals surface area (Å²) in [6.45, 7) is 11.1. The highest BCUT2D eigenvalue weighted by atomic mass is 32.2. The molecule has 2 aromatic rings. The minimum Gasteiger partial charge on any atom is -0.476 e. The van der Waals surface area contributed by atoms with Gasteiger partial charge in [-0.1, -0.05) is 13.8 Å². The molecule has 0 aliphatic carbocycles. The van der Waals surface area contributed by atoms with E-state index in [-0.39, 0.29) is 28.6 Å². The third-order valence-corrected chi connectivity index (χ3v) is 7.51. The highest BCUT2D eigenvalue weighted by Crippen LogP contribution is 2.34. The van der Waals surface area contributed by atoms with E-state index >= 15 is 0 Å². The average Bonchev–Trinajstić information content (AvgIpc) is 3.21. The number of anilines is 1. The maximum Gasteiger partial charge on any atom is 0.410 e. The van der Waals surface area contributed by atoms with Crippen molar-refractivity contribution in [2.45, 2.75) is 51.2 Å². The number of piperazine rings is 1. The Bertz CT molecular complexity index is 1180. The third-order valence-electron chi connectivity index (χ3n) is 5.50. The molecule has 0 spiro atoms. The van der Waals surface area contributed by atoms with Crippen LogP contribution >= 0.6 is 11.3 Å². The molecule has 1 atom stereocenters. The molecule has 1 aliphatic rings. The lowest BCUT2D eigenvalue weighted by molar-refractivity contribution is 0.00881. The van der Waals surface area contributed by atoms with Crippen molar-refractivity contribution in [2.75, 3.05) is 30.8 Å². The van der Waals surface area contributed by atoms with Gasteiger partial charge >= 0.3 is 12.1 Å². The highest BCUT2D eigenvalue weighted by molar-refractivity contribution is 7.90. The van der Waals surface area contributed by atoms with Crippen molar-refractivity contribution in [3.05, 3.63) is 29.3 Å². The van der Waals surface area contributed by atoms with Crippen LogP contribution in [-0.4, -0.2) is 73.0 Å². The minimum atomic E-state index is -3.62. The van der Waals surface area contributed by atoms with E-state index < -0.39 is 21.4 Å².